The van der Waals surface area contributed by atoms with Crippen LogP contribution < -0.4 is 20.3 Å². The number of alkyl halides is 1. The minimum Gasteiger partial charge on any atom is -0.462 e. The highest BCUT2D eigenvalue weighted by Gasteiger charge is 2.26. The molecule has 39 heavy (non-hydrogen) atoms. The van der Waals surface area contributed by atoms with Gasteiger partial charge in [-0.25, -0.2) is 4.39 Å². The van der Waals surface area contributed by atoms with Crippen LogP contribution in [0.25, 0.3) is 10.8 Å². The topological polar surface area (TPSA) is 82.6 Å². The quantitative estimate of drug-likeness (QED) is 0.285. The van der Waals surface area contributed by atoms with Crippen LogP contribution in [0.3, 0.4) is 0 Å². The van der Waals surface area contributed by atoms with E-state index in [1.165, 1.54) is 12.2 Å². The van der Waals surface area contributed by atoms with E-state index in [1.54, 1.807) is 0 Å². The SMILES string of the molecule is CN1CCC[C@H]1COc1nc2c(c(NCCNC(=O)/C=C/CF)n1)CCN(c1cccc3cccc(Cl)c13)C2. The molecule has 8 nitrogen and oxygen atoms in total. The molecule has 0 aliphatic carbocycles. The second-order valence-electron chi connectivity index (χ2n) is 9.93. The number of likely N-dealkylation sites (N-methyl/N-ethyl adjacent to an activating group) is 1. The molecule has 2 aliphatic heterocycles. The van der Waals surface area contributed by atoms with Gasteiger partial charge in [0, 0.05) is 48.4 Å². The Morgan fingerprint density at radius 2 is 2.05 bits per heavy atom. The predicted octanol–water partition coefficient (Wildman–Crippen LogP) is 4.37. The molecule has 3 aromatic rings. The van der Waals surface area contributed by atoms with Crippen molar-refractivity contribution in [3.8, 4) is 6.01 Å². The highest BCUT2D eigenvalue weighted by Crippen LogP contribution is 2.36. The van der Waals surface area contributed by atoms with Crippen molar-refractivity contribution in [3.05, 3.63) is 64.8 Å². The molecule has 2 N–H and O–H groups in total. The molecule has 1 atom stereocenters. The maximum absolute atomic E-state index is 12.3. The first-order chi connectivity index (χ1) is 19.0. The van der Waals surface area contributed by atoms with Crippen molar-refractivity contribution < 1.29 is 13.9 Å². The monoisotopic (exact) mass is 552 g/mol. The van der Waals surface area contributed by atoms with E-state index in [0.717, 1.165) is 70.9 Å². The second-order valence-corrected chi connectivity index (χ2v) is 10.3. The lowest BCUT2D eigenvalue weighted by Crippen LogP contribution is -2.34. The first-order valence-corrected chi connectivity index (χ1v) is 13.8. The van der Waals surface area contributed by atoms with E-state index in [2.05, 4.69) is 51.7 Å². The molecule has 1 fully saturated rings. The second kappa shape index (κ2) is 12.6. The van der Waals surface area contributed by atoms with Gasteiger partial charge < -0.3 is 25.2 Å². The van der Waals surface area contributed by atoms with E-state index >= 15 is 0 Å². The Kier molecular flexibility index (Phi) is 8.78. The van der Waals surface area contributed by atoms with E-state index in [4.69, 9.17) is 26.3 Å². The molecule has 206 valence electrons. The maximum atomic E-state index is 12.3. The van der Waals surface area contributed by atoms with Crippen molar-refractivity contribution in [2.45, 2.75) is 31.8 Å². The molecule has 0 bridgehead atoms. The number of nitrogens with one attached hydrogen (secondary N) is 2. The molecule has 5 rings (SSSR count). The van der Waals surface area contributed by atoms with Gasteiger partial charge in [-0.2, -0.15) is 9.97 Å². The Morgan fingerprint density at radius 1 is 1.21 bits per heavy atom. The molecule has 2 aliphatic rings. The van der Waals surface area contributed by atoms with Crippen molar-refractivity contribution in [1.82, 2.24) is 20.2 Å². The standard InChI is InChI=1S/C29H34ClFN6O2/c1-36-16-5-8-21(36)19-39-29-34-24-18-37(25-10-3-7-20-6-2-9-23(30)27(20)25)17-12-22(24)28(35-29)33-15-14-32-26(38)11-4-13-31/h2-4,6-7,9-11,21H,5,8,12-19H2,1H3,(H,32,38)(H,33,34,35)/b11-4+/t21-/m0/s1. The van der Waals surface area contributed by atoms with Gasteiger partial charge in [-0.05, 0) is 56.4 Å². The van der Waals surface area contributed by atoms with Crippen LogP contribution in [0.1, 0.15) is 24.1 Å². The molecular weight excluding hydrogens is 519 g/mol. The summed E-state index contributed by atoms with van der Waals surface area (Å²) in [5.41, 5.74) is 3.04. The Hall–Kier alpha value is -3.43. The summed E-state index contributed by atoms with van der Waals surface area (Å²) in [5, 5.41) is 8.97. The predicted molar refractivity (Wildman–Crippen MR) is 154 cm³/mol. The summed E-state index contributed by atoms with van der Waals surface area (Å²) in [7, 11) is 2.12. The molecule has 0 spiro atoms. The normalized spacial score (nSPS) is 17.5. The van der Waals surface area contributed by atoms with Gasteiger partial charge in [0.05, 0.1) is 17.3 Å². The van der Waals surface area contributed by atoms with Gasteiger partial charge >= 0.3 is 6.01 Å². The molecule has 1 amide bonds. The molecule has 0 saturated carbocycles. The van der Waals surface area contributed by atoms with Crippen LogP contribution in [0.5, 0.6) is 6.01 Å². The fourth-order valence-corrected chi connectivity index (χ4v) is 5.58. The van der Waals surface area contributed by atoms with Gasteiger partial charge in [0.25, 0.3) is 0 Å². The third kappa shape index (κ3) is 6.42. The van der Waals surface area contributed by atoms with Crippen molar-refractivity contribution in [2.24, 2.45) is 0 Å². The number of anilines is 2. The Balaban J connectivity index is 1.36. The van der Waals surface area contributed by atoms with Gasteiger partial charge in [-0.1, -0.05) is 35.9 Å². The molecule has 1 saturated heterocycles. The zero-order valence-corrected chi connectivity index (χ0v) is 22.9. The van der Waals surface area contributed by atoms with Gasteiger partial charge in [-0.3, -0.25) is 4.79 Å². The first-order valence-electron chi connectivity index (χ1n) is 13.4. The number of benzene rings is 2. The van der Waals surface area contributed by atoms with Gasteiger partial charge in [-0.15, -0.1) is 0 Å². The molecule has 0 unspecified atom stereocenters. The molecule has 2 aromatic carbocycles. The number of aromatic nitrogens is 2. The summed E-state index contributed by atoms with van der Waals surface area (Å²) in [4.78, 5) is 26.0. The van der Waals surface area contributed by atoms with Crippen molar-refractivity contribution >= 4 is 39.8 Å². The van der Waals surface area contributed by atoms with Crippen molar-refractivity contribution in [2.75, 3.05) is 56.7 Å². The average Bonchev–Trinajstić information content (AvgIpc) is 3.36. The smallest absolute Gasteiger partial charge is 0.318 e. The van der Waals surface area contributed by atoms with E-state index in [-0.39, 0.29) is 5.91 Å². The number of fused-ring (bicyclic) bond motifs is 2. The summed E-state index contributed by atoms with van der Waals surface area (Å²) >= 11 is 6.63. The van der Waals surface area contributed by atoms with Crippen LogP contribution in [0.2, 0.25) is 5.02 Å². The molecule has 0 radical (unpaired) electrons. The number of amides is 1. The highest BCUT2D eigenvalue weighted by molar-refractivity contribution is 6.36. The van der Waals surface area contributed by atoms with Crippen LogP contribution in [-0.2, 0) is 17.8 Å². The fraction of sp³-hybridized carbons (Fsp3) is 0.414. The number of allylic oxidation sites excluding steroid dienone is 1. The Morgan fingerprint density at radius 3 is 2.85 bits per heavy atom. The number of likely N-dealkylation sites (tertiary alicyclic amines) is 1. The number of hydrogen-bond acceptors (Lipinski definition) is 7. The fourth-order valence-electron chi connectivity index (χ4n) is 5.30. The zero-order valence-electron chi connectivity index (χ0n) is 22.1. The Bertz CT molecular complexity index is 1350. The van der Waals surface area contributed by atoms with E-state index < -0.39 is 6.67 Å². The summed E-state index contributed by atoms with van der Waals surface area (Å²) in [6.45, 7) is 3.16. The minimum atomic E-state index is -0.667. The maximum Gasteiger partial charge on any atom is 0.318 e. The average molecular weight is 553 g/mol. The largest absolute Gasteiger partial charge is 0.462 e. The number of rotatable bonds is 10. The minimum absolute atomic E-state index is 0.326. The van der Waals surface area contributed by atoms with E-state index in [9.17, 15) is 9.18 Å². The summed E-state index contributed by atoms with van der Waals surface area (Å²) in [6.07, 6.45) is 5.39. The van der Waals surface area contributed by atoms with Crippen LogP contribution in [0, 0.1) is 0 Å². The third-order valence-corrected chi connectivity index (χ3v) is 7.68. The highest BCUT2D eigenvalue weighted by atomic mass is 35.5. The summed E-state index contributed by atoms with van der Waals surface area (Å²) < 4.78 is 18.4. The van der Waals surface area contributed by atoms with Gasteiger partial charge in [0.1, 0.15) is 19.1 Å². The molecule has 3 heterocycles. The van der Waals surface area contributed by atoms with E-state index in [0.29, 0.717) is 38.3 Å². The summed E-state index contributed by atoms with van der Waals surface area (Å²) in [6, 6.07) is 12.9. The number of carbonyl (C=O) groups excluding carboxylic acids is 1. The van der Waals surface area contributed by atoms with E-state index in [1.807, 2.05) is 12.1 Å². The van der Waals surface area contributed by atoms with Crippen LogP contribution in [0.15, 0.2) is 48.6 Å². The number of hydrogen-bond donors (Lipinski definition) is 2. The molecule has 1 aromatic heterocycles. The zero-order chi connectivity index (χ0) is 27.2. The van der Waals surface area contributed by atoms with Crippen molar-refractivity contribution in [3.63, 3.8) is 0 Å². The Labute approximate surface area is 233 Å². The van der Waals surface area contributed by atoms with Crippen molar-refractivity contribution in [1.29, 1.82) is 0 Å². The molecule has 10 heteroatoms. The number of halogens is 2. The number of carbonyl (C=O) groups is 1. The summed E-state index contributed by atoms with van der Waals surface area (Å²) in [5.74, 6) is 0.396. The number of ether oxygens (including phenoxy) is 1. The number of nitrogens with zero attached hydrogens (tertiary/aromatic N) is 4. The van der Waals surface area contributed by atoms with Gasteiger partial charge in [0.2, 0.25) is 5.91 Å². The molecular formula is C29H34ClFN6O2. The lowest BCUT2D eigenvalue weighted by Gasteiger charge is -2.32. The lowest BCUT2D eigenvalue weighted by atomic mass is 10.0. The van der Waals surface area contributed by atoms with Crippen LogP contribution in [-0.4, -0.2) is 73.3 Å². The van der Waals surface area contributed by atoms with Crippen LogP contribution in [0.4, 0.5) is 15.9 Å². The third-order valence-electron chi connectivity index (χ3n) is 7.37. The van der Waals surface area contributed by atoms with Crippen LogP contribution >= 0.6 is 11.6 Å². The lowest BCUT2D eigenvalue weighted by molar-refractivity contribution is -0.116. The van der Waals surface area contributed by atoms with Gasteiger partial charge in [0.15, 0.2) is 0 Å². The first kappa shape index (κ1) is 27.1.